The van der Waals surface area contributed by atoms with Crippen LogP contribution in [0.5, 0.6) is 0 Å². The zero-order valence-electron chi connectivity index (χ0n) is 9.74. The summed E-state index contributed by atoms with van der Waals surface area (Å²) < 4.78 is 0. The quantitative estimate of drug-likeness (QED) is 0.745. The number of hydrogen-bond donors (Lipinski definition) is 2. The zero-order chi connectivity index (χ0) is 12.0. The number of carboxylic acid groups (broad SMARTS) is 1. The van der Waals surface area contributed by atoms with Crippen LogP contribution in [0.3, 0.4) is 0 Å². The Morgan fingerprint density at radius 3 is 2.50 bits per heavy atom. The van der Waals surface area contributed by atoms with Crippen LogP contribution < -0.4 is 5.32 Å². The van der Waals surface area contributed by atoms with Crippen LogP contribution in [0.25, 0.3) is 0 Å². The smallest absolute Gasteiger partial charge is 0.323 e. The fraction of sp³-hybridized carbons (Fsp3) is 0.818. The van der Waals surface area contributed by atoms with Crippen molar-refractivity contribution < 1.29 is 14.7 Å². The molecule has 1 fully saturated rings. The Balaban J connectivity index is 2.28. The predicted molar refractivity (Wildman–Crippen MR) is 60.2 cm³/mol. The van der Waals surface area contributed by atoms with Crippen LogP contribution in [0.1, 0.15) is 32.6 Å². The van der Waals surface area contributed by atoms with E-state index in [1.54, 1.807) is 6.92 Å². The second-order valence-corrected chi connectivity index (χ2v) is 4.24. The molecule has 0 aromatic heterocycles. The van der Waals surface area contributed by atoms with Gasteiger partial charge in [-0.3, -0.25) is 4.79 Å². The van der Waals surface area contributed by atoms with Gasteiger partial charge in [-0.15, -0.1) is 0 Å². The van der Waals surface area contributed by atoms with E-state index in [4.69, 9.17) is 5.11 Å². The second kappa shape index (κ2) is 6.35. The first-order chi connectivity index (χ1) is 7.63. The van der Waals surface area contributed by atoms with Gasteiger partial charge in [0.15, 0.2) is 0 Å². The molecule has 5 heteroatoms. The molecule has 1 saturated carbocycles. The minimum atomic E-state index is -0.974. The van der Waals surface area contributed by atoms with E-state index in [9.17, 15) is 9.59 Å². The van der Waals surface area contributed by atoms with Gasteiger partial charge in [0.1, 0.15) is 6.54 Å². The lowest BCUT2D eigenvalue weighted by Gasteiger charge is -2.20. The Bertz CT molecular complexity index is 250. The van der Waals surface area contributed by atoms with Crippen LogP contribution in [0.4, 0.5) is 4.79 Å². The Morgan fingerprint density at radius 1 is 1.38 bits per heavy atom. The maximum absolute atomic E-state index is 11.6. The van der Waals surface area contributed by atoms with Gasteiger partial charge >= 0.3 is 12.0 Å². The van der Waals surface area contributed by atoms with Gasteiger partial charge in [-0.1, -0.05) is 12.8 Å². The summed E-state index contributed by atoms with van der Waals surface area (Å²) in [4.78, 5) is 23.4. The van der Waals surface area contributed by atoms with Crippen molar-refractivity contribution >= 4 is 12.0 Å². The lowest BCUT2D eigenvalue weighted by Crippen LogP contribution is -2.43. The van der Waals surface area contributed by atoms with Crippen LogP contribution in [0.2, 0.25) is 0 Å². The molecule has 0 atom stereocenters. The summed E-state index contributed by atoms with van der Waals surface area (Å²) >= 11 is 0. The van der Waals surface area contributed by atoms with Crippen LogP contribution in [0, 0.1) is 5.92 Å². The lowest BCUT2D eigenvalue weighted by atomic mass is 10.1. The largest absolute Gasteiger partial charge is 0.480 e. The average Bonchev–Trinajstić information content (AvgIpc) is 2.75. The molecule has 0 aromatic rings. The van der Waals surface area contributed by atoms with Crippen molar-refractivity contribution in [2.24, 2.45) is 5.92 Å². The standard InChI is InChI=1S/C11H20N2O3/c1-2-13(8-10(14)15)11(16)12-7-9-5-3-4-6-9/h9H,2-8H2,1H3,(H,12,16)(H,14,15). The van der Waals surface area contributed by atoms with Gasteiger partial charge in [0.05, 0.1) is 0 Å². The molecule has 0 unspecified atom stereocenters. The zero-order valence-corrected chi connectivity index (χ0v) is 9.74. The van der Waals surface area contributed by atoms with Gasteiger partial charge in [-0.05, 0) is 25.7 Å². The maximum Gasteiger partial charge on any atom is 0.323 e. The number of carboxylic acids is 1. The SMILES string of the molecule is CCN(CC(=O)O)C(=O)NCC1CCCC1. The first kappa shape index (κ1) is 12.8. The van der Waals surface area contributed by atoms with Gasteiger partial charge in [-0.25, -0.2) is 4.79 Å². The van der Waals surface area contributed by atoms with Gasteiger partial charge in [0, 0.05) is 13.1 Å². The van der Waals surface area contributed by atoms with Crippen molar-refractivity contribution in [1.82, 2.24) is 10.2 Å². The molecule has 0 heterocycles. The summed E-state index contributed by atoms with van der Waals surface area (Å²) in [6.07, 6.45) is 4.83. The van der Waals surface area contributed by atoms with Crippen LogP contribution >= 0.6 is 0 Å². The van der Waals surface area contributed by atoms with Crippen LogP contribution in [0.15, 0.2) is 0 Å². The molecule has 0 bridgehead atoms. The third-order valence-corrected chi connectivity index (χ3v) is 3.01. The van der Waals surface area contributed by atoms with Crippen molar-refractivity contribution in [3.8, 4) is 0 Å². The summed E-state index contributed by atoms with van der Waals surface area (Å²) in [5, 5.41) is 11.4. The molecule has 0 radical (unpaired) electrons. The number of carbonyl (C=O) groups excluding carboxylic acids is 1. The number of nitrogens with one attached hydrogen (secondary N) is 1. The molecule has 92 valence electrons. The molecule has 2 amide bonds. The monoisotopic (exact) mass is 228 g/mol. The molecule has 1 aliphatic rings. The highest BCUT2D eigenvalue weighted by Gasteiger charge is 2.18. The van der Waals surface area contributed by atoms with Crippen molar-refractivity contribution in [3.63, 3.8) is 0 Å². The van der Waals surface area contributed by atoms with Crippen molar-refractivity contribution in [2.75, 3.05) is 19.6 Å². The minimum absolute atomic E-state index is 0.229. The molecule has 16 heavy (non-hydrogen) atoms. The minimum Gasteiger partial charge on any atom is -0.480 e. The van der Waals surface area contributed by atoms with Gasteiger partial charge in [0.25, 0.3) is 0 Å². The average molecular weight is 228 g/mol. The molecule has 2 N–H and O–H groups in total. The van der Waals surface area contributed by atoms with E-state index < -0.39 is 5.97 Å². The molecule has 5 nitrogen and oxygen atoms in total. The number of hydrogen-bond acceptors (Lipinski definition) is 2. The summed E-state index contributed by atoms with van der Waals surface area (Å²) in [5.74, 6) is -0.398. The lowest BCUT2D eigenvalue weighted by molar-refractivity contribution is -0.137. The van der Waals surface area contributed by atoms with E-state index in [2.05, 4.69) is 5.32 Å². The molecule has 1 rings (SSSR count). The highest BCUT2D eigenvalue weighted by molar-refractivity contribution is 5.79. The number of urea groups is 1. The number of rotatable bonds is 5. The third kappa shape index (κ3) is 4.08. The fourth-order valence-electron chi connectivity index (χ4n) is 2.05. The number of aliphatic carboxylic acids is 1. The molecule has 0 saturated heterocycles. The topological polar surface area (TPSA) is 69.6 Å². The highest BCUT2D eigenvalue weighted by atomic mass is 16.4. The summed E-state index contributed by atoms with van der Waals surface area (Å²) in [6.45, 7) is 2.64. The molecule has 0 aromatic carbocycles. The number of nitrogens with zero attached hydrogens (tertiary/aromatic N) is 1. The summed E-state index contributed by atoms with van der Waals surface area (Å²) in [5.41, 5.74) is 0. The van der Waals surface area contributed by atoms with Gasteiger partial charge in [-0.2, -0.15) is 0 Å². The second-order valence-electron chi connectivity index (χ2n) is 4.24. The van der Waals surface area contributed by atoms with Gasteiger partial charge in [0.2, 0.25) is 0 Å². The van der Waals surface area contributed by atoms with Gasteiger partial charge < -0.3 is 15.3 Å². The molecule has 0 spiro atoms. The Hall–Kier alpha value is -1.26. The normalized spacial score (nSPS) is 16.1. The first-order valence-corrected chi connectivity index (χ1v) is 5.88. The Morgan fingerprint density at radius 2 is 2.00 bits per heavy atom. The van der Waals surface area contributed by atoms with Crippen molar-refractivity contribution in [2.45, 2.75) is 32.6 Å². The Kier molecular flexibility index (Phi) is 5.08. The van der Waals surface area contributed by atoms with E-state index in [-0.39, 0.29) is 12.6 Å². The molecule has 0 aliphatic heterocycles. The summed E-state index contributed by atoms with van der Waals surface area (Å²) in [7, 11) is 0. The fourth-order valence-corrected chi connectivity index (χ4v) is 2.05. The van der Waals surface area contributed by atoms with E-state index in [0.29, 0.717) is 19.0 Å². The van der Waals surface area contributed by atoms with E-state index >= 15 is 0 Å². The van der Waals surface area contributed by atoms with Crippen LogP contribution in [-0.2, 0) is 4.79 Å². The third-order valence-electron chi connectivity index (χ3n) is 3.01. The number of amides is 2. The van der Waals surface area contributed by atoms with Crippen molar-refractivity contribution in [3.05, 3.63) is 0 Å². The van der Waals surface area contributed by atoms with E-state index in [1.807, 2.05) is 0 Å². The first-order valence-electron chi connectivity index (χ1n) is 5.88. The Labute approximate surface area is 95.8 Å². The molecular formula is C11H20N2O3. The molecular weight excluding hydrogens is 208 g/mol. The van der Waals surface area contributed by atoms with Crippen molar-refractivity contribution in [1.29, 1.82) is 0 Å². The maximum atomic E-state index is 11.6. The van der Waals surface area contributed by atoms with E-state index in [0.717, 1.165) is 0 Å². The predicted octanol–water partition coefficient (Wildman–Crippen LogP) is 1.29. The number of carbonyl (C=O) groups is 2. The highest BCUT2D eigenvalue weighted by Crippen LogP contribution is 2.23. The van der Waals surface area contributed by atoms with Crippen LogP contribution in [-0.4, -0.2) is 41.6 Å². The number of likely N-dealkylation sites (N-methyl/N-ethyl adjacent to an activating group) is 1. The van der Waals surface area contributed by atoms with E-state index in [1.165, 1.54) is 30.6 Å². The summed E-state index contributed by atoms with van der Waals surface area (Å²) in [6, 6.07) is -0.267. The molecule has 1 aliphatic carbocycles.